The number of hydrogen-bond acceptors (Lipinski definition) is 3. The number of thioether (sulfide) groups is 2. The van der Waals surface area contributed by atoms with Gasteiger partial charge in [-0.05, 0) is 35.4 Å². The largest absolute Gasteiger partial charge is 0.250 e. The zero-order valence-corrected chi connectivity index (χ0v) is 14.8. The summed E-state index contributed by atoms with van der Waals surface area (Å²) in [5.41, 5.74) is 2.59. The number of hydrogen-bond donors (Lipinski definition) is 0. The fraction of sp³-hybridized carbons (Fsp3) is 0.105. The SMILES string of the molecule is Clc1ccc(C(SCc2ccccc2)Sc2ccccn2)cc1. The van der Waals surface area contributed by atoms with Gasteiger partial charge in [-0.25, -0.2) is 4.98 Å². The van der Waals surface area contributed by atoms with Crippen LogP contribution in [0.3, 0.4) is 0 Å². The van der Waals surface area contributed by atoms with Gasteiger partial charge in [0.05, 0.1) is 9.61 Å². The van der Waals surface area contributed by atoms with Crippen LogP contribution < -0.4 is 0 Å². The van der Waals surface area contributed by atoms with Gasteiger partial charge < -0.3 is 0 Å². The molecule has 0 spiro atoms. The molecule has 23 heavy (non-hydrogen) atoms. The van der Waals surface area contributed by atoms with Crippen molar-refractivity contribution in [2.75, 3.05) is 0 Å². The van der Waals surface area contributed by atoms with E-state index in [0.29, 0.717) is 0 Å². The summed E-state index contributed by atoms with van der Waals surface area (Å²) in [6.07, 6.45) is 1.84. The first-order valence-corrected chi connectivity index (χ1v) is 9.60. The van der Waals surface area contributed by atoms with Crippen LogP contribution in [0.25, 0.3) is 0 Å². The second kappa shape index (κ2) is 8.44. The van der Waals surface area contributed by atoms with E-state index in [2.05, 4.69) is 47.4 Å². The van der Waals surface area contributed by atoms with Crippen LogP contribution in [-0.4, -0.2) is 4.98 Å². The lowest BCUT2D eigenvalue weighted by molar-refractivity contribution is 1.13. The van der Waals surface area contributed by atoms with Gasteiger partial charge in [0.25, 0.3) is 0 Å². The molecule has 0 N–H and O–H groups in total. The highest BCUT2D eigenvalue weighted by Crippen LogP contribution is 2.44. The van der Waals surface area contributed by atoms with Gasteiger partial charge in [0, 0.05) is 17.0 Å². The van der Waals surface area contributed by atoms with Crippen LogP contribution in [0.4, 0.5) is 0 Å². The molecule has 1 unspecified atom stereocenters. The topological polar surface area (TPSA) is 12.9 Å². The average Bonchev–Trinajstić information content (AvgIpc) is 2.61. The van der Waals surface area contributed by atoms with Gasteiger partial charge in [-0.2, -0.15) is 0 Å². The zero-order chi connectivity index (χ0) is 15.9. The molecule has 0 fully saturated rings. The maximum Gasteiger partial charge on any atom is 0.0973 e. The smallest absolute Gasteiger partial charge is 0.0973 e. The Bertz CT molecular complexity index is 717. The highest BCUT2D eigenvalue weighted by molar-refractivity contribution is 8.16. The van der Waals surface area contributed by atoms with E-state index >= 15 is 0 Å². The number of pyridine rings is 1. The van der Waals surface area contributed by atoms with E-state index in [-0.39, 0.29) is 4.58 Å². The van der Waals surface area contributed by atoms with Gasteiger partial charge >= 0.3 is 0 Å². The maximum atomic E-state index is 6.02. The Hall–Kier alpha value is -1.42. The Labute approximate surface area is 150 Å². The van der Waals surface area contributed by atoms with Crippen LogP contribution in [0.5, 0.6) is 0 Å². The fourth-order valence-corrected chi connectivity index (χ4v) is 4.67. The molecule has 0 aliphatic heterocycles. The van der Waals surface area contributed by atoms with Crippen molar-refractivity contribution in [1.82, 2.24) is 4.98 Å². The molecule has 1 nitrogen and oxygen atoms in total. The molecule has 1 atom stereocenters. The molecule has 0 aliphatic rings. The molecule has 0 radical (unpaired) electrons. The molecule has 0 bridgehead atoms. The van der Waals surface area contributed by atoms with Crippen molar-refractivity contribution in [3.63, 3.8) is 0 Å². The molecule has 4 heteroatoms. The molecule has 0 saturated heterocycles. The van der Waals surface area contributed by atoms with Gasteiger partial charge in [0.15, 0.2) is 0 Å². The Morgan fingerprint density at radius 3 is 2.30 bits per heavy atom. The third-order valence-corrected chi connectivity index (χ3v) is 6.24. The highest BCUT2D eigenvalue weighted by Gasteiger charge is 2.15. The van der Waals surface area contributed by atoms with Crippen LogP contribution >= 0.6 is 35.1 Å². The number of halogens is 1. The normalized spacial score (nSPS) is 12.0. The third-order valence-electron chi connectivity index (χ3n) is 3.25. The monoisotopic (exact) mass is 357 g/mol. The number of benzene rings is 2. The van der Waals surface area contributed by atoms with Gasteiger partial charge in [-0.3, -0.25) is 0 Å². The Kier molecular flexibility index (Phi) is 6.03. The lowest BCUT2D eigenvalue weighted by Crippen LogP contribution is -1.92. The van der Waals surface area contributed by atoms with Crippen molar-refractivity contribution >= 4 is 35.1 Å². The van der Waals surface area contributed by atoms with Crippen LogP contribution in [0.15, 0.2) is 84.0 Å². The van der Waals surface area contributed by atoms with E-state index in [0.717, 1.165) is 15.8 Å². The zero-order valence-electron chi connectivity index (χ0n) is 12.4. The van der Waals surface area contributed by atoms with Gasteiger partial charge in [0.1, 0.15) is 0 Å². The molecule has 1 heterocycles. The lowest BCUT2D eigenvalue weighted by Gasteiger charge is -2.16. The molecule has 2 aromatic carbocycles. The molecular weight excluding hydrogens is 342 g/mol. The van der Waals surface area contributed by atoms with Crippen molar-refractivity contribution in [3.05, 3.63) is 95.1 Å². The second-order valence-electron chi connectivity index (χ2n) is 4.97. The van der Waals surface area contributed by atoms with Gasteiger partial charge in [-0.1, -0.05) is 71.9 Å². The summed E-state index contributed by atoms with van der Waals surface area (Å²) in [5.74, 6) is 0.966. The van der Waals surface area contributed by atoms with E-state index in [1.54, 1.807) is 11.8 Å². The third kappa shape index (κ3) is 5.03. The van der Waals surface area contributed by atoms with Crippen molar-refractivity contribution in [2.24, 2.45) is 0 Å². The standard InChI is InChI=1S/C19H16ClNS2/c20-17-11-9-16(10-12-17)19(23-18-8-4-5-13-21-18)22-14-15-6-2-1-3-7-15/h1-13,19H,14H2. The van der Waals surface area contributed by atoms with Crippen molar-refractivity contribution in [1.29, 1.82) is 0 Å². The minimum absolute atomic E-state index is 0.280. The summed E-state index contributed by atoms with van der Waals surface area (Å²) in [7, 11) is 0. The highest BCUT2D eigenvalue weighted by atomic mass is 35.5. The van der Waals surface area contributed by atoms with E-state index < -0.39 is 0 Å². The average molecular weight is 358 g/mol. The van der Waals surface area contributed by atoms with Crippen LogP contribution in [0.1, 0.15) is 15.7 Å². The lowest BCUT2D eigenvalue weighted by atomic mass is 10.2. The summed E-state index contributed by atoms with van der Waals surface area (Å²) < 4.78 is 0.280. The van der Waals surface area contributed by atoms with Crippen molar-refractivity contribution in [3.8, 4) is 0 Å². The molecule has 3 rings (SSSR count). The van der Waals surface area contributed by atoms with Crippen molar-refractivity contribution in [2.45, 2.75) is 15.4 Å². The molecule has 0 saturated carbocycles. The predicted octanol–water partition coefficient (Wildman–Crippen LogP) is 6.46. The van der Waals surface area contributed by atoms with Crippen molar-refractivity contribution < 1.29 is 0 Å². The molecule has 116 valence electrons. The van der Waals surface area contributed by atoms with E-state index in [1.807, 2.05) is 48.3 Å². The molecule has 0 amide bonds. The van der Waals surface area contributed by atoms with E-state index in [1.165, 1.54) is 11.1 Å². The number of rotatable bonds is 6. The molecule has 1 aromatic heterocycles. The summed E-state index contributed by atoms with van der Waals surface area (Å²) in [6.45, 7) is 0. The first kappa shape index (κ1) is 16.4. The molecular formula is C19H16ClNS2. The minimum atomic E-state index is 0.280. The number of nitrogens with zero attached hydrogens (tertiary/aromatic N) is 1. The number of aromatic nitrogens is 1. The minimum Gasteiger partial charge on any atom is -0.250 e. The Balaban J connectivity index is 1.76. The Morgan fingerprint density at radius 2 is 1.61 bits per heavy atom. The van der Waals surface area contributed by atoms with Gasteiger partial charge in [-0.15, -0.1) is 11.8 Å². The second-order valence-corrected chi connectivity index (χ2v) is 7.92. The predicted molar refractivity (Wildman–Crippen MR) is 102 cm³/mol. The summed E-state index contributed by atoms with van der Waals surface area (Å²) in [5, 5.41) is 1.80. The van der Waals surface area contributed by atoms with Crippen LogP contribution in [0, 0.1) is 0 Å². The molecule has 0 aliphatic carbocycles. The van der Waals surface area contributed by atoms with Crippen LogP contribution in [0.2, 0.25) is 5.02 Å². The first-order chi connectivity index (χ1) is 11.3. The Morgan fingerprint density at radius 1 is 0.870 bits per heavy atom. The van der Waals surface area contributed by atoms with E-state index in [9.17, 15) is 0 Å². The summed E-state index contributed by atoms with van der Waals surface area (Å²) >= 11 is 9.71. The fourth-order valence-electron chi connectivity index (χ4n) is 2.09. The maximum absolute atomic E-state index is 6.02. The summed E-state index contributed by atoms with van der Waals surface area (Å²) in [6, 6.07) is 24.7. The first-order valence-electron chi connectivity index (χ1n) is 7.30. The van der Waals surface area contributed by atoms with E-state index in [4.69, 9.17) is 11.6 Å². The summed E-state index contributed by atoms with van der Waals surface area (Å²) in [4.78, 5) is 4.44. The quantitative estimate of drug-likeness (QED) is 0.371. The van der Waals surface area contributed by atoms with Crippen LogP contribution in [-0.2, 0) is 5.75 Å². The molecule has 3 aromatic rings. The van der Waals surface area contributed by atoms with Gasteiger partial charge in [0.2, 0.25) is 0 Å².